The van der Waals surface area contributed by atoms with Crippen molar-refractivity contribution in [2.24, 2.45) is 0 Å². The van der Waals surface area contributed by atoms with E-state index in [-0.39, 0.29) is 6.61 Å². The lowest BCUT2D eigenvalue weighted by atomic mass is 10.2. The van der Waals surface area contributed by atoms with Crippen LogP contribution < -0.4 is 5.32 Å². The average Bonchev–Trinajstić information content (AvgIpc) is 2.95. The molecule has 2 rings (SSSR count). The van der Waals surface area contributed by atoms with Crippen molar-refractivity contribution >= 4 is 0 Å². The average molecular weight is 252 g/mol. The van der Waals surface area contributed by atoms with Gasteiger partial charge >= 0.3 is 6.36 Å². The Kier molecular flexibility index (Phi) is 4.27. The highest BCUT2D eigenvalue weighted by molar-refractivity contribution is 4.86. The second-order valence-electron chi connectivity index (χ2n) is 4.81. The number of halogens is 3. The van der Waals surface area contributed by atoms with Gasteiger partial charge in [-0.2, -0.15) is 0 Å². The van der Waals surface area contributed by atoms with Crippen molar-refractivity contribution in [1.29, 1.82) is 0 Å². The molecule has 2 aliphatic rings. The minimum atomic E-state index is -4.50. The molecule has 0 radical (unpaired) electrons. The molecule has 100 valence electrons. The van der Waals surface area contributed by atoms with Gasteiger partial charge in [0.25, 0.3) is 0 Å². The molecule has 17 heavy (non-hydrogen) atoms. The van der Waals surface area contributed by atoms with Gasteiger partial charge < -0.3 is 5.32 Å². The maximum Gasteiger partial charge on any atom is 0.522 e. The van der Waals surface area contributed by atoms with Gasteiger partial charge in [0.15, 0.2) is 0 Å². The molecular weight excluding hydrogens is 233 g/mol. The molecule has 1 unspecified atom stereocenters. The summed E-state index contributed by atoms with van der Waals surface area (Å²) in [7, 11) is 0. The first-order valence-corrected chi connectivity index (χ1v) is 6.23. The van der Waals surface area contributed by atoms with Crippen molar-refractivity contribution < 1.29 is 17.9 Å². The predicted molar refractivity (Wildman–Crippen MR) is 57.6 cm³/mol. The van der Waals surface area contributed by atoms with Crippen molar-refractivity contribution in [3.05, 3.63) is 0 Å². The highest BCUT2D eigenvalue weighted by Gasteiger charge is 2.31. The van der Waals surface area contributed by atoms with Gasteiger partial charge in [0.1, 0.15) is 0 Å². The van der Waals surface area contributed by atoms with E-state index in [1.165, 1.54) is 12.8 Å². The number of rotatable bonds is 6. The standard InChI is InChI=1S/C11H19F3N2O/c12-11(13,14)17-7-6-16-5-1-2-10(16)8-15-9-3-4-9/h9-10,15H,1-8H2. The van der Waals surface area contributed by atoms with E-state index in [0.29, 0.717) is 18.6 Å². The van der Waals surface area contributed by atoms with Gasteiger partial charge in [0.2, 0.25) is 0 Å². The van der Waals surface area contributed by atoms with E-state index in [9.17, 15) is 13.2 Å². The molecule has 0 amide bonds. The normalized spacial score (nSPS) is 26.6. The predicted octanol–water partition coefficient (Wildman–Crippen LogP) is 1.74. The van der Waals surface area contributed by atoms with Gasteiger partial charge in [-0.25, -0.2) is 0 Å². The van der Waals surface area contributed by atoms with Gasteiger partial charge in [0, 0.05) is 25.2 Å². The summed E-state index contributed by atoms with van der Waals surface area (Å²) in [5.74, 6) is 0. The second kappa shape index (κ2) is 5.54. The molecule has 1 saturated carbocycles. The third-order valence-electron chi connectivity index (χ3n) is 3.36. The van der Waals surface area contributed by atoms with E-state index in [2.05, 4.69) is 15.0 Å². The Bertz CT molecular complexity index is 243. The van der Waals surface area contributed by atoms with Crippen molar-refractivity contribution in [3.8, 4) is 0 Å². The molecule has 6 heteroatoms. The molecule has 2 fully saturated rings. The van der Waals surface area contributed by atoms with Gasteiger partial charge in [-0.15, -0.1) is 13.2 Å². The maximum atomic E-state index is 11.8. The topological polar surface area (TPSA) is 24.5 Å². The Labute approximate surface area is 99.3 Å². The Morgan fingerprint density at radius 3 is 2.65 bits per heavy atom. The van der Waals surface area contributed by atoms with Crippen LogP contribution >= 0.6 is 0 Å². The lowest BCUT2D eigenvalue weighted by molar-refractivity contribution is -0.325. The Balaban J connectivity index is 1.63. The number of alkyl halides is 3. The fraction of sp³-hybridized carbons (Fsp3) is 1.00. The van der Waals surface area contributed by atoms with Crippen molar-refractivity contribution in [2.45, 2.75) is 44.1 Å². The number of nitrogens with zero attached hydrogens (tertiary/aromatic N) is 1. The van der Waals surface area contributed by atoms with Crippen LogP contribution in [0.5, 0.6) is 0 Å². The van der Waals surface area contributed by atoms with Gasteiger partial charge in [-0.05, 0) is 32.2 Å². The van der Waals surface area contributed by atoms with Crippen LogP contribution in [0.4, 0.5) is 13.2 Å². The van der Waals surface area contributed by atoms with E-state index < -0.39 is 6.36 Å². The highest BCUT2D eigenvalue weighted by Crippen LogP contribution is 2.22. The molecule has 1 heterocycles. The molecular formula is C11H19F3N2O. The van der Waals surface area contributed by atoms with Crippen molar-refractivity contribution in [1.82, 2.24) is 10.2 Å². The maximum absolute atomic E-state index is 11.8. The van der Waals surface area contributed by atoms with Gasteiger partial charge in [-0.1, -0.05) is 0 Å². The van der Waals surface area contributed by atoms with Crippen LogP contribution in [0.25, 0.3) is 0 Å². The summed E-state index contributed by atoms with van der Waals surface area (Å²) in [6, 6.07) is 1.04. The molecule has 0 aromatic carbocycles. The molecule has 3 nitrogen and oxygen atoms in total. The third kappa shape index (κ3) is 4.81. The Morgan fingerprint density at radius 1 is 1.24 bits per heavy atom. The zero-order valence-corrected chi connectivity index (χ0v) is 9.80. The van der Waals surface area contributed by atoms with Crippen molar-refractivity contribution in [2.75, 3.05) is 26.2 Å². The van der Waals surface area contributed by atoms with Gasteiger partial charge in [0.05, 0.1) is 6.61 Å². The van der Waals surface area contributed by atoms with Gasteiger partial charge in [-0.3, -0.25) is 9.64 Å². The van der Waals surface area contributed by atoms with Crippen LogP contribution in [0.15, 0.2) is 0 Å². The molecule has 0 aromatic rings. The second-order valence-corrected chi connectivity index (χ2v) is 4.81. The zero-order valence-electron chi connectivity index (χ0n) is 9.80. The van der Waals surface area contributed by atoms with E-state index in [1.54, 1.807) is 0 Å². The monoisotopic (exact) mass is 252 g/mol. The quantitative estimate of drug-likeness (QED) is 0.779. The number of hydrogen-bond donors (Lipinski definition) is 1. The largest absolute Gasteiger partial charge is 0.522 e. The summed E-state index contributed by atoms with van der Waals surface area (Å²) >= 11 is 0. The summed E-state index contributed by atoms with van der Waals surface area (Å²) in [5.41, 5.74) is 0. The highest BCUT2D eigenvalue weighted by atomic mass is 19.4. The number of hydrogen-bond acceptors (Lipinski definition) is 3. The zero-order chi connectivity index (χ0) is 12.3. The third-order valence-corrected chi connectivity index (χ3v) is 3.36. The number of ether oxygens (including phenoxy) is 1. The van der Waals surface area contributed by atoms with Crippen LogP contribution in [0.2, 0.25) is 0 Å². The van der Waals surface area contributed by atoms with Crippen LogP contribution in [-0.4, -0.2) is 49.6 Å². The van der Waals surface area contributed by atoms with Crippen LogP contribution in [0.1, 0.15) is 25.7 Å². The fourth-order valence-electron chi connectivity index (χ4n) is 2.29. The van der Waals surface area contributed by atoms with E-state index in [1.807, 2.05) is 0 Å². The smallest absolute Gasteiger partial charge is 0.312 e. The fourth-order valence-corrected chi connectivity index (χ4v) is 2.29. The summed E-state index contributed by atoms with van der Waals surface area (Å²) < 4.78 is 39.3. The summed E-state index contributed by atoms with van der Waals surface area (Å²) in [6.07, 6.45) is 0.129. The van der Waals surface area contributed by atoms with E-state index >= 15 is 0 Å². The molecule has 1 aliphatic heterocycles. The molecule has 1 atom stereocenters. The lowest BCUT2D eigenvalue weighted by Crippen LogP contribution is -2.40. The molecule has 1 aliphatic carbocycles. The molecule has 0 bridgehead atoms. The lowest BCUT2D eigenvalue weighted by Gasteiger charge is -2.24. The molecule has 0 spiro atoms. The van der Waals surface area contributed by atoms with E-state index in [4.69, 9.17) is 0 Å². The minimum Gasteiger partial charge on any atom is -0.312 e. The Hall–Kier alpha value is -0.330. The first-order chi connectivity index (χ1) is 8.04. The van der Waals surface area contributed by atoms with Crippen LogP contribution in [-0.2, 0) is 4.74 Å². The van der Waals surface area contributed by atoms with Crippen molar-refractivity contribution in [3.63, 3.8) is 0 Å². The SMILES string of the molecule is FC(F)(F)OCCN1CCCC1CNC1CC1. The Morgan fingerprint density at radius 2 is 2.00 bits per heavy atom. The minimum absolute atomic E-state index is 0.260. The van der Waals surface area contributed by atoms with Crippen LogP contribution in [0.3, 0.4) is 0 Å². The molecule has 1 N–H and O–H groups in total. The summed E-state index contributed by atoms with van der Waals surface area (Å²) in [6.45, 7) is 1.90. The molecule has 0 aromatic heterocycles. The summed E-state index contributed by atoms with van der Waals surface area (Å²) in [5, 5.41) is 3.43. The first kappa shape index (κ1) is 13.1. The molecule has 1 saturated heterocycles. The van der Waals surface area contributed by atoms with Crippen LogP contribution in [0, 0.1) is 0 Å². The first-order valence-electron chi connectivity index (χ1n) is 6.23. The number of nitrogens with one attached hydrogen (secondary N) is 1. The van der Waals surface area contributed by atoms with E-state index in [0.717, 1.165) is 25.9 Å². The number of likely N-dealkylation sites (tertiary alicyclic amines) is 1. The summed E-state index contributed by atoms with van der Waals surface area (Å²) in [4.78, 5) is 2.10.